The predicted molar refractivity (Wildman–Crippen MR) is 154 cm³/mol. The fourth-order valence-electron chi connectivity index (χ4n) is 6.59. The molecule has 2 atom stereocenters. The summed E-state index contributed by atoms with van der Waals surface area (Å²) in [4.78, 5) is 40.9. The lowest BCUT2D eigenvalue weighted by Gasteiger charge is -2.35. The molecular weight excluding hydrogens is 526 g/mol. The Morgan fingerprint density at radius 3 is 2.62 bits per heavy atom. The Kier molecular flexibility index (Phi) is 7.21. The van der Waals surface area contributed by atoms with Gasteiger partial charge >= 0.3 is 0 Å². The van der Waals surface area contributed by atoms with Gasteiger partial charge < -0.3 is 9.64 Å². The largest absolute Gasteiger partial charge is 0.489 e. The van der Waals surface area contributed by atoms with E-state index in [2.05, 4.69) is 36.2 Å². The van der Waals surface area contributed by atoms with Gasteiger partial charge in [-0.05, 0) is 84.6 Å². The SMILES string of the molecule is CC1(C)CCC(CN2CCC(Oc3ccc4c(c3)CN(C3CCC(=O)NC3=O)C4=O)C2)=C(c2ccc(Cl)cc2)C1. The minimum atomic E-state index is -0.609. The molecule has 4 aliphatic rings. The van der Waals surface area contributed by atoms with Crippen molar-refractivity contribution < 1.29 is 19.1 Å². The Bertz CT molecular complexity index is 1380. The Labute approximate surface area is 240 Å². The highest BCUT2D eigenvalue weighted by Crippen LogP contribution is 2.43. The number of piperidine rings is 1. The number of ether oxygens (including phenoxy) is 1. The summed E-state index contributed by atoms with van der Waals surface area (Å²) in [7, 11) is 0. The van der Waals surface area contributed by atoms with Crippen LogP contribution in [0, 0.1) is 5.41 Å². The lowest BCUT2D eigenvalue weighted by Crippen LogP contribution is -2.52. The molecule has 1 N–H and O–H groups in total. The standard InChI is InChI=1S/C32H36ClN3O4/c1-32(2)13-11-21(27(16-32)20-3-5-23(33)6-4-20)17-35-14-12-25(19-35)40-24-7-8-26-22(15-24)18-36(31(26)39)28-9-10-29(37)34-30(28)38/h3-8,15,25,28H,9-14,16-19H2,1-2H3,(H,34,37,38). The summed E-state index contributed by atoms with van der Waals surface area (Å²) in [5, 5.41) is 3.12. The smallest absolute Gasteiger partial charge is 0.255 e. The summed E-state index contributed by atoms with van der Waals surface area (Å²) in [6.45, 7) is 7.86. The third-order valence-electron chi connectivity index (χ3n) is 8.82. The molecule has 2 fully saturated rings. The Hall–Kier alpha value is -3.16. The van der Waals surface area contributed by atoms with Crippen molar-refractivity contribution in [1.82, 2.24) is 15.1 Å². The van der Waals surface area contributed by atoms with Gasteiger partial charge in [0.1, 0.15) is 17.9 Å². The zero-order valence-corrected chi connectivity index (χ0v) is 23.9. The third-order valence-corrected chi connectivity index (χ3v) is 9.07. The average Bonchev–Trinajstić information content (AvgIpc) is 3.49. The number of nitrogens with one attached hydrogen (secondary N) is 1. The van der Waals surface area contributed by atoms with Crippen molar-refractivity contribution in [3.05, 3.63) is 69.8 Å². The van der Waals surface area contributed by atoms with Crippen LogP contribution in [0.3, 0.4) is 0 Å². The molecule has 2 aromatic carbocycles. The molecule has 0 aromatic heterocycles. The number of rotatable bonds is 6. The van der Waals surface area contributed by atoms with E-state index in [1.54, 1.807) is 11.0 Å². The maximum atomic E-state index is 13.0. The number of amides is 3. The monoisotopic (exact) mass is 561 g/mol. The average molecular weight is 562 g/mol. The molecule has 2 saturated heterocycles. The van der Waals surface area contributed by atoms with Gasteiger partial charge in [0.05, 0.1) is 0 Å². The van der Waals surface area contributed by atoms with Gasteiger partial charge in [0, 0.05) is 43.2 Å². The molecule has 3 heterocycles. The van der Waals surface area contributed by atoms with E-state index in [1.807, 2.05) is 24.3 Å². The lowest BCUT2D eigenvalue weighted by atomic mass is 9.72. The zero-order valence-electron chi connectivity index (χ0n) is 23.2. The second-order valence-corrected chi connectivity index (χ2v) is 12.8. The summed E-state index contributed by atoms with van der Waals surface area (Å²) < 4.78 is 6.40. The Balaban J connectivity index is 1.10. The molecule has 0 saturated carbocycles. The molecule has 0 bridgehead atoms. The number of allylic oxidation sites excluding steroid dienone is 1. The first-order valence-electron chi connectivity index (χ1n) is 14.3. The highest BCUT2D eigenvalue weighted by atomic mass is 35.5. The molecule has 2 unspecified atom stereocenters. The number of nitrogens with zero attached hydrogens (tertiary/aromatic N) is 2. The topological polar surface area (TPSA) is 79.0 Å². The number of fused-ring (bicyclic) bond motifs is 1. The van der Waals surface area contributed by atoms with Gasteiger partial charge in [0.25, 0.3) is 5.91 Å². The zero-order chi connectivity index (χ0) is 28.0. The van der Waals surface area contributed by atoms with Crippen LogP contribution >= 0.6 is 11.6 Å². The van der Waals surface area contributed by atoms with Crippen molar-refractivity contribution >= 4 is 34.9 Å². The minimum Gasteiger partial charge on any atom is -0.489 e. The van der Waals surface area contributed by atoms with Crippen LogP contribution in [0.25, 0.3) is 5.57 Å². The molecule has 7 nitrogen and oxygen atoms in total. The van der Waals surface area contributed by atoms with Gasteiger partial charge in [-0.2, -0.15) is 0 Å². The van der Waals surface area contributed by atoms with Crippen molar-refractivity contribution in [3.63, 3.8) is 0 Å². The number of benzene rings is 2. The predicted octanol–water partition coefficient (Wildman–Crippen LogP) is 5.22. The van der Waals surface area contributed by atoms with E-state index in [0.717, 1.165) is 55.2 Å². The minimum absolute atomic E-state index is 0.0843. The third kappa shape index (κ3) is 5.54. The molecule has 3 amide bonds. The Morgan fingerprint density at radius 2 is 1.85 bits per heavy atom. The van der Waals surface area contributed by atoms with E-state index in [0.29, 0.717) is 18.5 Å². The van der Waals surface area contributed by atoms with E-state index >= 15 is 0 Å². The fourth-order valence-corrected chi connectivity index (χ4v) is 6.71. The van der Waals surface area contributed by atoms with Crippen molar-refractivity contribution in [2.24, 2.45) is 5.41 Å². The van der Waals surface area contributed by atoms with Gasteiger partial charge in [0.15, 0.2) is 0 Å². The number of hydrogen-bond acceptors (Lipinski definition) is 5. The number of likely N-dealkylation sites (tertiary alicyclic amines) is 1. The van der Waals surface area contributed by atoms with Crippen LogP contribution in [0.15, 0.2) is 48.0 Å². The van der Waals surface area contributed by atoms with Crippen LogP contribution in [0.2, 0.25) is 5.02 Å². The molecule has 0 radical (unpaired) electrons. The van der Waals surface area contributed by atoms with Crippen molar-refractivity contribution in [1.29, 1.82) is 0 Å². The van der Waals surface area contributed by atoms with Crippen LogP contribution in [0.1, 0.15) is 73.9 Å². The van der Waals surface area contributed by atoms with Crippen LogP contribution in [-0.4, -0.2) is 59.3 Å². The van der Waals surface area contributed by atoms with E-state index in [1.165, 1.54) is 23.1 Å². The number of imide groups is 1. The molecular formula is C32H36ClN3O4. The summed E-state index contributed by atoms with van der Waals surface area (Å²) in [6.07, 6.45) is 5.01. The van der Waals surface area contributed by atoms with Gasteiger partial charge in [-0.1, -0.05) is 43.2 Å². The van der Waals surface area contributed by atoms with Gasteiger partial charge in [0.2, 0.25) is 11.8 Å². The second kappa shape index (κ2) is 10.7. The molecule has 3 aliphatic heterocycles. The highest BCUT2D eigenvalue weighted by molar-refractivity contribution is 6.30. The van der Waals surface area contributed by atoms with E-state index in [4.69, 9.17) is 16.3 Å². The van der Waals surface area contributed by atoms with Gasteiger partial charge in [-0.3, -0.25) is 24.6 Å². The van der Waals surface area contributed by atoms with Crippen LogP contribution in [-0.2, 0) is 16.1 Å². The first-order chi connectivity index (χ1) is 19.1. The first kappa shape index (κ1) is 27.0. The summed E-state index contributed by atoms with van der Waals surface area (Å²) >= 11 is 6.17. The van der Waals surface area contributed by atoms with Crippen molar-refractivity contribution in [3.8, 4) is 5.75 Å². The molecule has 40 heavy (non-hydrogen) atoms. The van der Waals surface area contributed by atoms with E-state index in [-0.39, 0.29) is 29.8 Å². The lowest BCUT2D eigenvalue weighted by molar-refractivity contribution is -0.136. The maximum Gasteiger partial charge on any atom is 0.255 e. The quantitative estimate of drug-likeness (QED) is 0.489. The molecule has 8 heteroatoms. The fraction of sp³-hybridized carbons (Fsp3) is 0.469. The molecule has 210 valence electrons. The van der Waals surface area contributed by atoms with Gasteiger partial charge in [-0.25, -0.2) is 0 Å². The summed E-state index contributed by atoms with van der Waals surface area (Å²) in [5.41, 5.74) is 6.01. The first-order valence-corrected chi connectivity index (χ1v) is 14.7. The molecule has 2 aromatic rings. The normalized spacial score (nSPS) is 24.9. The number of hydrogen-bond donors (Lipinski definition) is 1. The molecule has 0 spiro atoms. The van der Waals surface area contributed by atoms with E-state index in [9.17, 15) is 14.4 Å². The van der Waals surface area contributed by atoms with Crippen LogP contribution < -0.4 is 10.1 Å². The molecule has 6 rings (SSSR count). The summed E-state index contributed by atoms with van der Waals surface area (Å²) in [5.74, 6) is -0.0835. The highest BCUT2D eigenvalue weighted by Gasteiger charge is 2.39. The van der Waals surface area contributed by atoms with Crippen LogP contribution in [0.4, 0.5) is 0 Å². The number of halogens is 1. The van der Waals surface area contributed by atoms with Crippen LogP contribution in [0.5, 0.6) is 5.75 Å². The number of carbonyl (C=O) groups excluding carboxylic acids is 3. The summed E-state index contributed by atoms with van der Waals surface area (Å²) in [6, 6.07) is 13.3. The van der Waals surface area contributed by atoms with Crippen molar-refractivity contribution in [2.75, 3.05) is 19.6 Å². The second-order valence-electron chi connectivity index (χ2n) is 12.4. The Morgan fingerprint density at radius 1 is 1.05 bits per heavy atom. The van der Waals surface area contributed by atoms with Gasteiger partial charge in [-0.15, -0.1) is 0 Å². The van der Waals surface area contributed by atoms with Crippen molar-refractivity contribution in [2.45, 2.75) is 71.1 Å². The van der Waals surface area contributed by atoms with E-state index < -0.39 is 11.9 Å². The number of carbonyl (C=O) groups is 3. The molecule has 1 aliphatic carbocycles. The maximum absolute atomic E-state index is 13.0.